The van der Waals surface area contributed by atoms with Crippen molar-refractivity contribution in [3.05, 3.63) is 108 Å². The molecule has 1 heterocycles. The fraction of sp³-hybridized carbons (Fsp3) is 0.259. The predicted octanol–water partition coefficient (Wildman–Crippen LogP) is 4.62. The third-order valence-electron chi connectivity index (χ3n) is 6.00. The molecule has 0 spiro atoms. The monoisotopic (exact) mass is 449 g/mol. The van der Waals surface area contributed by atoms with Crippen molar-refractivity contribution >= 4 is 11.5 Å². The fourth-order valence-corrected chi connectivity index (χ4v) is 4.46. The first kappa shape index (κ1) is 24.3. The van der Waals surface area contributed by atoms with Crippen LogP contribution in [-0.4, -0.2) is 32.4 Å². The highest BCUT2D eigenvalue weighted by atomic mass is 19.1. The molecule has 0 aliphatic carbocycles. The molecule has 33 heavy (non-hydrogen) atoms. The summed E-state index contributed by atoms with van der Waals surface area (Å²) in [5.41, 5.74) is -0.749. The highest BCUT2D eigenvalue weighted by molar-refractivity contribution is 5.74. The van der Waals surface area contributed by atoms with Gasteiger partial charge in [0, 0.05) is 12.1 Å². The quantitative estimate of drug-likeness (QED) is 0.443. The molecular weight excluding hydrogens is 421 g/mol. The molecular formula is C27H28FNO4. The molecule has 3 N–H and O–H groups in total. The van der Waals surface area contributed by atoms with Gasteiger partial charge in [0.2, 0.25) is 0 Å². The lowest BCUT2D eigenvalue weighted by Gasteiger charge is -2.44. The number of benzene rings is 2. The summed E-state index contributed by atoms with van der Waals surface area (Å²) in [6, 6.07) is 19.1. The second kappa shape index (κ2) is 10.1. The third-order valence-corrected chi connectivity index (χ3v) is 6.00. The van der Waals surface area contributed by atoms with E-state index in [2.05, 4.69) is 11.6 Å². The molecule has 3 rings (SSSR count). The average molecular weight is 450 g/mol. The van der Waals surface area contributed by atoms with Crippen molar-refractivity contribution in [2.45, 2.75) is 31.5 Å². The van der Waals surface area contributed by atoms with Gasteiger partial charge in [-0.05, 0) is 46.9 Å². The van der Waals surface area contributed by atoms with E-state index in [1.54, 1.807) is 50.2 Å². The van der Waals surface area contributed by atoms with Gasteiger partial charge in [-0.15, -0.1) is 0 Å². The van der Waals surface area contributed by atoms with Crippen LogP contribution < -0.4 is 0 Å². The van der Waals surface area contributed by atoms with E-state index in [-0.39, 0.29) is 5.69 Å². The minimum atomic E-state index is -2.14. The SMILES string of the molecule is C=C(c1ccccc1)C(O)C(c1ccc(F)cc1)C(O)(c1ccccn1)C(C(=O)O)C(C)C. The summed E-state index contributed by atoms with van der Waals surface area (Å²) in [6.45, 7) is 7.42. The molecule has 5 nitrogen and oxygen atoms in total. The van der Waals surface area contributed by atoms with Crippen LogP contribution in [0.4, 0.5) is 4.39 Å². The standard InChI is InChI=1S/C27H28FNO4/c1-17(2)23(26(31)32)27(33,22-11-7-8-16-29-22)24(20-12-14-21(28)15-13-20)25(30)18(3)19-9-5-4-6-10-19/h4-17,23-25,30,33H,3H2,1-2H3,(H,31,32). The van der Waals surface area contributed by atoms with E-state index in [9.17, 15) is 24.5 Å². The molecule has 4 unspecified atom stereocenters. The van der Waals surface area contributed by atoms with E-state index in [0.29, 0.717) is 16.7 Å². The Kier molecular flexibility index (Phi) is 7.41. The second-order valence-corrected chi connectivity index (χ2v) is 8.47. The van der Waals surface area contributed by atoms with Crippen LogP contribution in [0.15, 0.2) is 85.6 Å². The Morgan fingerprint density at radius 3 is 2.12 bits per heavy atom. The zero-order chi connectivity index (χ0) is 24.2. The number of carbonyl (C=O) groups is 1. The number of hydrogen-bond donors (Lipinski definition) is 3. The maximum atomic E-state index is 13.8. The van der Waals surface area contributed by atoms with E-state index < -0.39 is 41.2 Å². The number of carboxylic acids is 1. The summed E-state index contributed by atoms with van der Waals surface area (Å²) in [5.74, 6) is -4.78. The summed E-state index contributed by atoms with van der Waals surface area (Å²) >= 11 is 0. The van der Waals surface area contributed by atoms with Gasteiger partial charge >= 0.3 is 5.97 Å². The average Bonchev–Trinajstić information content (AvgIpc) is 2.80. The number of aromatic nitrogens is 1. The normalized spacial score (nSPS) is 15.9. The van der Waals surface area contributed by atoms with Crippen molar-refractivity contribution in [1.82, 2.24) is 4.98 Å². The summed E-state index contributed by atoms with van der Waals surface area (Å²) in [4.78, 5) is 16.7. The van der Waals surface area contributed by atoms with Gasteiger partial charge in [0.25, 0.3) is 0 Å². The van der Waals surface area contributed by atoms with Crippen LogP contribution in [-0.2, 0) is 10.4 Å². The van der Waals surface area contributed by atoms with Crippen LogP contribution in [0.5, 0.6) is 0 Å². The Bertz CT molecular complexity index is 1090. The molecule has 6 heteroatoms. The number of aliphatic hydroxyl groups is 2. The van der Waals surface area contributed by atoms with Gasteiger partial charge in [0.05, 0.1) is 17.7 Å². The van der Waals surface area contributed by atoms with Gasteiger partial charge in [0.15, 0.2) is 0 Å². The predicted molar refractivity (Wildman–Crippen MR) is 125 cm³/mol. The Labute approximate surface area is 192 Å². The number of rotatable bonds is 9. The van der Waals surface area contributed by atoms with E-state index in [4.69, 9.17) is 0 Å². The highest BCUT2D eigenvalue weighted by Crippen LogP contribution is 2.48. The summed E-state index contributed by atoms with van der Waals surface area (Å²) in [6.07, 6.45) is 0.0603. The molecule has 4 atom stereocenters. The zero-order valence-corrected chi connectivity index (χ0v) is 18.6. The molecule has 3 aromatic rings. The summed E-state index contributed by atoms with van der Waals surface area (Å²) < 4.78 is 13.8. The maximum absolute atomic E-state index is 13.8. The topological polar surface area (TPSA) is 90.7 Å². The lowest BCUT2D eigenvalue weighted by atomic mass is 9.64. The van der Waals surface area contributed by atoms with Gasteiger partial charge in [-0.25, -0.2) is 4.39 Å². The first-order valence-corrected chi connectivity index (χ1v) is 10.7. The number of carboxylic acid groups (broad SMARTS) is 1. The van der Waals surface area contributed by atoms with Gasteiger partial charge in [0.1, 0.15) is 11.4 Å². The van der Waals surface area contributed by atoms with Gasteiger partial charge in [-0.1, -0.05) is 69.0 Å². The first-order chi connectivity index (χ1) is 15.7. The Morgan fingerprint density at radius 2 is 1.61 bits per heavy atom. The van der Waals surface area contributed by atoms with Crippen molar-refractivity contribution in [2.24, 2.45) is 11.8 Å². The molecule has 1 aromatic heterocycles. The number of nitrogens with zero attached hydrogens (tertiary/aromatic N) is 1. The molecule has 2 aromatic carbocycles. The number of hydrogen-bond acceptors (Lipinski definition) is 4. The number of aliphatic carboxylic acids is 1. The fourth-order valence-electron chi connectivity index (χ4n) is 4.46. The van der Waals surface area contributed by atoms with Crippen LogP contribution in [0.3, 0.4) is 0 Å². The second-order valence-electron chi connectivity index (χ2n) is 8.47. The Balaban J connectivity index is 2.29. The molecule has 0 aliphatic heterocycles. The van der Waals surface area contributed by atoms with Gasteiger partial charge < -0.3 is 15.3 Å². The van der Waals surface area contributed by atoms with Crippen LogP contribution >= 0.6 is 0 Å². The molecule has 0 saturated carbocycles. The largest absolute Gasteiger partial charge is 0.481 e. The van der Waals surface area contributed by atoms with Crippen molar-refractivity contribution in [3.63, 3.8) is 0 Å². The molecule has 0 radical (unpaired) electrons. The van der Waals surface area contributed by atoms with Crippen LogP contribution in [0.2, 0.25) is 0 Å². The Hall–Kier alpha value is -3.35. The lowest BCUT2D eigenvalue weighted by Crippen LogP contribution is -2.51. The van der Waals surface area contributed by atoms with Crippen molar-refractivity contribution < 1.29 is 24.5 Å². The van der Waals surface area contributed by atoms with E-state index in [1.165, 1.54) is 36.5 Å². The number of halogens is 1. The molecule has 172 valence electrons. The van der Waals surface area contributed by atoms with Crippen LogP contribution in [0.25, 0.3) is 5.57 Å². The first-order valence-electron chi connectivity index (χ1n) is 10.7. The van der Waals surface area contributed by atoms with Crippen LogP contribution in [0, 0.1) is 17.7 Å². The molecule has 0 bridgehead atoms. The van der Waals surface area contributed by atoms with E-state index in [1.807, 2.05) is 6.07 Å². The minimum Gasteiger partial charge on any atom is -0.481 e. The zero-order valence-electron chi connectivity index (χ0n) is 18.6. The van der Waals surface area contributed by atoms with Crippen molar-refractivity contribution in [2.75, 3.05) is 0 Å². The van der Waals surface area contributed by atoms with E-state index >= 15 is 0 Å². The van der Waals surface area contributed by atoms with Crippen LogP contribution in [0.1, 0.15) is 36.6 Å². The summed E-state index contributed by atoms with van der Waals surface area (Å²) in [7, 11) is 0. The minimum absolute atomic E-state index is 0.0975. The molecule has 0 aliphatic rings. The smallest absolute Gasteiger partial charge is 0.310 e. The number of aliphatic hydroxyl groups excluding tert-OH is 1. The molecule has 0 saturated heterocycles. The summed E-state index contributed by atoms with van der Waals surface area (Å²) in [5, 5.41) is 34.0. The third kappa shape index (κ3) is 4.87. The van der Waals surface area contributed by atoms with Crippen molar-refractivity contribution in [3.8, 4) is 0 Å². The maximum Gasteiger partial charge on any atom is 0.310 e. The van der Waals surface area contributed by atoms with Gasteiger partial charge in [-0.3, -0.25) is 9.78 Å². The highest BCUT2D eigenvalue weighted by Gasteiger charge is 2.54. The van der Waals surface area contributed by atoms with Gasteiger partial charge in [-0.2, -0.15) is 0 Å². The Morgan fingerprint density at radius 1 is 1.00 bits per heavy atom. The molecule has 0 fully saturated rings. The number of pyridine rings is 1. The van der Waals surface area contributed by atoms with E-state index in [0.717, 1.165) is 0 Å². The lowest BCUT2D eigenvalue weighted by molar-refractivity contribution is -0.163. The molecule has 0 amide bonds. The van der Waals surface area contributed by atoms with Crippen molar-refractivity contribution in [1.29, 1.82) is 0 Å².